The van der Waals surface area contributed by atoms with E-state index in [1.54, 1.807) is 12.1 Å². The molecule has 0 spiro atoms. The van der Waals surface area contributed by atoms with Crippen LogP contribution >= 0.6 is 0 Å². The normalized spacial score (nSPS) is 12.7. The molecule has 0 aromatic heterocycles. The van der Waals surface area contributed by atoms with Crippen LogP contribution in [0, 0.1) is 13.8 Å². The van der Waals surface area contributed by atoms with Gasteiger partial charge in [0, 0.05) is 0 Å². The zero-order chi connectivity index (χ0) is 13.1. The average molecular weight is 283 g/mol. The molecule has 5 nitrogen and oxygen atoms in total. The third-order valence-corrected chi connectivity index (χ3v) is 2.86. The van der Waals surface area contributed by atoms with Gasteiger partial charge < -0.3 is 5.11 Å². The van der Waals surface area contributed by atoms with Crippen molar-refractivity contribution in [1.29, 1.82) is 0 Å². The van der Waals surface area contributed by atoms with Crippen molar-refractivity contribution in [3.63, 3.8) is 0 Å². The predicted octanol–water partition coefficient (Wildman–Crippen LogP) is 0.709. The van der Waals surface area contributed by atoms with E-state index in [0.29, 0.717) is 5.69 Å². The fraction of sp³-hybridized carbons (Fsp3) is 0.455. The SMILES string of the molecule is Cc1cc(C)cc(NS(=O)(=O)OCC(C)O)c1.[NaH]. The second-order valence-corrected chi connectivity index (χ2v) is 5.41. The second-order valence-electron chi connectivity index (χ2n) is 4.07. The van der Waals surface area contributed by atoms with Gasteiger partial charge >= 0.3 is 39.9 Å². The van der Waals surface area contributed by atoms with Crippen molar-refractivity contribution < 1.29 is 17.7 Å². The summed E-state index contributed by atoms with van der Waals surface area (Å²) in [7, 11) is -3.87. The van der Waals surface area contributed by atoms with Crippen molar-refractivity contribution in [1.82, 2.24) is 0 Å². The maximum absolute atomic E-state index is 11.5. The molecule has 1 aromatic carbocycles. The molecule has 98 valence electrons. The van der Waals surface area contributed by atoms with Gasteiger partial charge in [0.05, 0.1) is 18.4 Å². The van der Waals surface area contributed by atoms with E-state index in [2.05, 4.69) is 8.91 Å². The maximum atomic E-state index is 11.5. The minimum atomic E-state index is -3.87. The fourth-order valence-corrected chi connectivity index (χ4v) is 2.24. The predicted molar refractivity (Wildman–Crippen MR) is 73.2 cm³/mol. The van der Waals surface area contributed by atoms with Crippen LogP contribution < -0.4 is 4.72 Å². The number of aliphatic hydroxyl groups excluding tert-OH is 1. The molecule has 2 N–H and O–H groups in total. The molecule has 18 heavy (non-hydrogen) atoms. The van der Waals surface area contributed by atoms with Crippen LogP contribution in [0.2, 0.25) is 0 Å². The number of nitrogens with one attached hydrogen (secondary N) is 1. The van der Waals surface area contributed by atoms with E-state index in [1.165, 1.54) is 6.92 Å². The summed E-state index contributed by atoms with van der Waals surface area (Å²) in [5.74, 6) is 0. The Morgan fingerprint density at radius 2 is 1.78 bits per heavy atom. The number of aliphatic hydroxyl groups is 1. The van der Waals surface area contributed by atoms with Crippen LogP contribution in [0.4, 0.5) is 5.69 Å². The van der Waals surface area contributed by atoms with Crippen LogP contribution in [0.3, 0.4) is 0 Å². The van der Waals surface area contributed by atoms with E-state index in [0.717, 1.165) is 11.1 Å². The summed E-state index contributed by atoms with van der Waals surface area (Å²) in [4.78, 5) is 0. The van der Waals surface area contributed by atoms with Crippen molar-refractivity contribution in [3.05, 3.63) is 29.3 Å². The summed E-state index contributed by atoms with van der Waals surface area (Å²) in [5.41, 5.74) is 2.37. The molecular weight excluding hydrogens is 265 g/mol. The standard InChI is InChI=1S/C11H17NO4S.Na.H/c1-8-4-9(2)6-11(5-8)12-17(14,15)16-7-10(3)13;;/h4-6,10,12-13H,7H2,1-3H3;;. The first kappa shape index (κ1) is 17.9. The van der Waals surface area contributed by atoms with Crippen molar-refractivity contribution in [2.24, 2.45) is 0 Å². The van der Waals surface area contributed by atoms with Crippen LogP contribution in [0.25, 0.3) is 0 Å². The zero-order valence-electron chi connectivity index (χ0n) is 10.1. The summed E-state index contributed by atoms with van der Waals surface area (Å²) in [6.07, 6.45) is -0.828. The molecule has 0 aliphatic carbocycles. The molecule has 1 aromatic rings. The van der Waals surface area contributed by atoms with Crippen LogP contribution in [0.1, 0.15) is 18.1 Å². The van der Waals surface area contributed by atoms with Crippen molar-refractivity contribution in [2.45, 2.75) is 26.9 Å². The molecular formula is C11H18NNaO4S. The van der Waals surface area contributed by atoms with Crippen LogP contribution in [-0.2, 0) is 14.5 Å². The van der Waals surface area contributed by atoms with E-state index in [-0.39, 0.29) is 36.2 Å². The van der Waals surface area contributed by atoms with Gasteiger partial charge in [0.2, 0.25) is 0 Å². The van der Waals surface area contributed by atoms with Crippen LogP contribution in [-0.4, -0.2) is 55.8 Å². The Balaban J connectivity index is 0.00000289. The van der Waals surface area contributed by atoms with Crippen LogP contribution in [0.5, 0.6) is 0 Å². The summed E-state index contributed by atoms with van der Waals surface area (Å²) >= 11 is 0. The topological polar surface area (TPSA) is 75.6 Å². The van der Waals surface area contributed by atoms with E-state index in [4.69, 9.17) is 5.11 Å². The fourth-order valence-electron chi connectivity index (χ4n) is 1.40. The van der Waals surface area contributed by atoms with Gasteiger partial charge in [0.25, 0.3) is 0 Å². The van der Waals surface area contributed by atoms with Gasteiger partial charge in [0.1, 0.15) is 0 Å². The molecule has 0 aliphatic rings. The van der Waals surface area contributed by atoms with Gasteiger partial charge in [-0.25, -0.2) is 0 Å². The third kappa shape index (κ3) is 6.72. The molecule has 1 atom stereocenters. The molecule has 0 saturated heterocycles. The van der Waals surface area contributed by atoms with Gasteiger partial charge in [-0.2, -0.15) is 8.42 Å². The number of anilines is 1. The zero-order valence-corrected chi connectivity index (χ0v) is 10.9. The number of aryl methyl sites for hydroxylation is 2. The van der Waals surface area contributed by atoms with Gasteiger partial charge in [0.15, 0.2) is 0 Å². The molecule has 0 saturated carbocycles. The molecule has 0 amide bonds. The minimum absolute atomic E-state index is 0. The number of hydrogen-bond donors (Lipinski definition) is 2. The molecule has 0 aliphatic heterocycles. The van der Waals surface area contributed by atoms with E-state index >= 15 is 0 Å². The van der Waals surface area contributed by atoms with E-state index < -0.39 is 16.4 Å². The number of rotatable bonds is 5. The van der Waals surface area contributed by atoms with Gasteiger partial charge in [-0.3, -0.25) is 8.91 Å². The Morgan fingerprint density at radius 3 is 2.22 bits per heavy atom. The summed E-state index contributed by atoms with van der Waals surface area (Å²) < 4.78 is 29.8. The molecule has 0 heterocycles. The Hall–Kier alpha value is -0.110. The first-order chi connectivity index (χ1) is 7.78. The molecule has 0 fully saturated rings. The van der Waals surface area contributed by atoms with Crippen molar-refractivity contribution in [2.75, 3.05) is 11.3 Å². The molecule has 0 radical (unpaired) electrons. The molecule has 7 heteroatoms. The second kappa shape index (κ2) is 7.47. The van der Waals surface area contributed by atoms with Gasteiger partial charge in [-0.1, -0.05) is 6.07 Å². The van der Waals surface area contributed by atoms with Crippen molar-refractivity contribution in [3.8, 4) is 0 Å². The Morgan fingerprint density at radius 1 is 1.28 bits per heavy atom. The Labute approximate surface area is 130 Å². The number of benzene rings is 1. The Bertz CT molecular complexity index is 468. The van der Waals surface area contributed by atoms with Gasteiger partial charge in [-0.15, -0.1) is 0 Å². The Kier molecular flexibility index (Phi) is 7.43. The average Bonchev–Trinajstić information content (AvgIpc) is 2.12. The number of hydrogen-bond acceptors (Lipinski definition) is 4. The molecule has 0 bridgehead atoms. The van der Waals surface area contributed by atoms with Crippen LogP contribution in [0.15, 0.2) is 18.2 Å². The quantitative estimate of drug-likeness (QED) is 0.780. The van der Waals surface area contributed by atoms with Crippen molar-refractivity contribution >= 4 is 45.5 Å². The summed E-state index contributed by atoms with van der Waals surface area (Å²) in [6.45, 7) is 4.94. The summed E-state index contributed by atoms with van der Waals surface area (Å²) in [5, 5.41) is 8.95. The molecule has 1 rings (SSSR count). The summed E-state index contributed by atoms with van der Waals surface area (Å²) in [6, 6.07) is 5.35. The van der Waals surface area contributed by atoms with E-state index in [1.807, 2.05) is 19.9 Å². The first-order valence-electron chi connectivity index (χ1n) is 5.22. The first-order valence-corrected chi connectivity index (χ1v) is 6.63. The molecule has 1 unspecified atom stereocenters. The third-order valence-electron chi connectivity index (χ3n) is 1.93. The van der Waals surface area contributed by atoms with E-state index in [9.17, 15) is 8.42 Å². The monoisotopic (exact) mass is 283 g/mol. The van der Waals surface area contributed by atoms with Gasteiger partial charge in [-0.05, 0) is 44.0 Å².